The fraction of sp³-hybridized carbons (Fsp3) is 0.526. The van der Waals surface area contributed by atoms with Crippen molar-refractivity contribution in [2.75, 3.05) is 12.8 Å². The van der Waals surface area contributed by atoms with Crippen molar-refractivity contribution in [2.45, 2.75) is 50.6 Å². The lowest BCUT2D eigenvalue weighted by Crippen LogP contribution is -2.40. The monoisotopic (exact) mass is 415 g/mol. The number of hydrogen-bond acceptors (Lipinski definition) is 6. The van der Waals surface area contributed by atoms with Gasteiger partial charge in [0.05, 0.1) is 5.69 Å². The molecule has 0 aliphatic carbocycles. The molecule has 3 rings (SSSR count). The molecule has 4 N–H and O–H groups in total. The van der Waals surface area contributed by atoms with Crippen molar-refractivity contribution in [1.82, 2.24) is 4.90 Å². The third-order valence-corrected chi connectivity index (χ3v) is 5.51. The second kappa shape index (κ2) is 9.25. The van der Waals surface area contributed by atoms with Crippen LogP contribution in [0.4, 0.5) is 18.9 Å². The molecular weight excluding hydrogens is 391 g/mol. The molecule has 2 aliphatic heterocycles. The lowest BCUT2D eigenvalue weighted by atomic mass is 9.85. The minimum atomic E-state index is -4.88. The number of hydrogen-bond donors (Lipinski definition) is 3. The van der Waals surface area contributed by atoms with Crippen molar-refractivity contribution in [3.63, 3.8) is 0 Å². The molecular formula is C19H24F3N3O4. The van der Waals surface area contributed by atoms with E-state index in [2.05, 4.69) is 16.7 Å². The Hall–Kier alpha value is -2.62. The zero-order valence-corrected chi connectivity index (χ0v) is 15.9. The number of anilines is 1. The van der Waals surface area contributed by atoms with Gasteiger partial charge in [-0.2, -0.15) is 0 Å². The van der Waals surface area contributed by atoms with Gasteiger partial charge in [-0.05, 0) is 44.7 Å². The Morgan fingerprint density at radius 1 is 1.34 bits per heavy atom. The first-order valence-corrected chi connectivity index (χ1v) is 9.13. The molecule has 29 heavy (non-hydrogen) atoms. The molecule has 10 heteroatoms. The summed E-state index contributed by atoms with van der Waals surface area (Å²) in [6, 6.07) is 4.70. The summed E-state index contributed by atoms with van der Waals surface area (Å²) >= 11 is 0. The lowest BCUT2D eigenvalue weighted by molar-refractivity contribution is -0.274. The highest BCUT2D eigenvalue weighted by atomic mass is 19.4. The topological polar surface area (TPSA) is 117 Å². The molecule has 2 bridgehead atoms. The van der Waals surface area contributed by atoms with Gasteiger partial charge < -0.3 is 20.5 Å². The smallest absolute Gasteiger partial charge is 0.483 e. The molecule has 2 fully saturated rings. The summed E-state index contributed by atoms with van der Waals surface area (Å²) in [4.78, 5) is 23.2. The Kier molecular flexibility index (Phi) is 7.23. The lowest BCUT2D eigenvalue weighted by Gasteiger charge is -2.36. The summed E-state index contributed by atoms with van der Waals surface area (Å²) in [7, 11) is 2.11. The van der Waals surface area contributed by atoms with E-state index in [4.69, 9.17) is 21.0 Å². The van der Waals surface area contributed by atoms with Gasteiger partial charge in [-0.3, -0.25) is 15.0 Å². The molecule has 0 amide bonds. The van der Waals surface area contributed by atoms with E-state index < -0.39 is 17.9 Å². The van der Waals surface area contributed by atoms with Crippen LogP contribution in [0.1, 0.15) is 37.7 Å². The molecule has 0 spiro atoms. The normalized spacial score (nSPS) is 23.7. The van der Waals surface area contributed by atoms with Crippen molar-refractivity contribution in [1.29, 1.82) is 5.41 Å². The minimum Gasteiger partial charge on any atom is -0.483 e. The van der Waals surface area contributed by atoms with Gasteiger partial charge in [0.15, 0.2) is 11.5 Å². The number of ether oxygens (including phenoxy) is 1. The number of fused-ring (bicyclic) bond motifs is 2. The van der Waals surface area contributed by atoms with Crippen LogP contribution in [0.2, 0.25) is 0 Å². The number of nitrogens with zero attached hydrogens (tertiary/aromatic N) is 1. The van der Waals surface area contributed by atoms with Crippen molar-refractivity contribution in [3.8, 4) is 5.75 Å². The van der Waals surface area contributed by atoms with Gasteiger partial charge in [0.1, 0.15) is 5.71 Å². The van der Waals surface area contributed by atoms with Crippen molar-refractivity contribution >= 4 is 23.7 Å². The molecule has 160 valence electrons. The summed E-state index contributed by atoms with van der Waals surface area (Å²) in [5, 5.41) is 15.0. The van der Waals surface area contributed by atoms with E-state index in [1.807, 2.05) is 0 Å². The molecule has 2 heterocycles. The number of rotatable bonds is 5. The van der Waals surface area contributed by atoms with Crippen LogP contribution < -0.4 is 10.5 Å². The zero-order valence-electron chi connectivity index (χ0n) is 15.9. The average molecular weight is 415 g/mol. The van der Waals surface area contributed by atoms with E-state index in [1.54, 1.807) is 0 Å². The van der Waals surface area contributed by atoms with Crippen LogP contribution in [0.25, 0.3) is 0 Å². The number of ketones is 1. The highest BCUT2D eigenvalue weighted by Crippen LogP contribution is 2.39. The fourth-order valence-electron chi connectivity index (χ4n) is 4.18. The first-order valence-electron chi connectivity index (χ1n) is 9.13. The van der Waals surface area contributed by atoms with E-state index in [0.29, 0.717) is 12.1 Å². The number of nitrogens with one attached hydrogen (secondary N) is 1. The number of carboxylic acid groups (broad SMARTS) is 1. The molecule has 2 unspecified atom stereocenters. The average Bonchev–Trinajstić information content (AvgIpc) is 2.84. The molecule has 7 nitrogen and oxygen atoms in total. The van der Waals surface area contributed by atoms with Gasteiger partial charge >= 0.3 is 6.36 Å². The number of nitrogens with two attached hydrogens (primary N) is 1. The van der Waals surface area contributed by atoms with Crippen LogP contribution in [0.15, 0.2) is 18.2 Å². The second-order valence-corrected chi connectivity index (χ2v) is 7.26. The first-order chi connectivity index (χ1) is 13.6. The number of piperidine rings is 1. The Morgan fingerprint density at radius 2 is 1.90 bits per heavy atom. The SMILES string of the molecule is CN1C2CCC1CC(CC(=O)C(=N)c1cccc(OC(F)(F)F)c1N)C2.O=CO. The van der Waals surface area contributed by atoms with Crippen LogP contribution in [-0.2, 0) is 9.59 Å². The number of alkyl halides is 3. The number of para-hydroxylation sites is 1. The third-order valence-electron chi connectivity index (χ3n) is 5.51. The van der Waals surface area contributed by atoms with Gasteiger partial charge in [0.25, 0.3) is 6.47 Å². The highest BCUT2D eigenvalue weighted by Gasteiger charge is 2.39. The molecule has 0 saturated carbocycles. The summed E-state index contributed by atoms with van der Waals surface area (Å²) in [5.41, 5.74) is 4.99. The predicted molar refractivity (Wildman–Crippen MR) is 100.0 cm³/mol. The number of halogens is 3. The third kappa shape index (κ3) is 5.69. The number of carbonyl (C=O) groups excluding carboxylic acids is 1. The summed E-state index contributed by atoms with van der Waals surface area (Å²) in [5.74, 6) is -0.785. The predicted octanol–water partition coefficient (Wildman–Crippen LogP) is 3.07. The highest BCUT2D eigenvalue weighted by molar-refractivity contribution is 6.46. The van der Waals surface area contributed by atoms with Crippen LogP contribution in [0, 0.1) is 11.3 Å². The largest absolute Gasteiger partial charge is 0.573 e. The van der Waals surface area contributed by atoms with E-state index in [0.717, 1.165) is 31.7 Å². The molecule has 2 atom stereocenters. The Labute approximate surface area is 166 Å². The fourth-order valence-corrected chi connectivity index (χ4v) is 4.18. The number of Topliss-reactive ketones (excluding diaryl/α,β-unsaturated/α-hetero) is 1. The molecule has 0 aromatic heterocycles. The molecule has 1 aromatic carbocycles. The Bertz CT molecular complexity index is 756. The van der Waals surface area contributed by atoms with Gasteiger partial charge in [0.2, 0.25) is 0 Å². The van der Waals surface area contributed by atoms with E-state index in [9.17, 15) is 18.0 Å². The van der Waals surface area contributed by atoms with Crippen LogP contribution in [0.3, 0.4) is 0 Å². The second-order valence-electron chi connectivity index (χ2n) is 7.26. The summed E-state index contributed by atoms with van der Waals surface area (Å²) < 4.78 is 41.2. The maximum Gasteiger partial charge on any atom is 0.573 e. The van der Waals surface area contributed by atoms with Gasteiger partial charge in [-0.1, -0.05) is 12.1 Å². The maximum absolute atomic E-state index is 12.5. The van der Waals surface area contributed by atoms with Gasteiger partial charge in [-0.15, -0.1) is 13.2 Å². The molecule has 1 aromatic rings. The summed E-state index contributed by atoms with van der Waals surface area (Å²) in [6.07, 6.45) is -0.562. The summed E-state index contributed by atoms with van der Waals surface area (Å²) in [6.45, 7) is -0.250. The van der Waals surface area contributed by atoms with Crippen LogP contribution in [-0.4, -0.2) is 53.5 Å². The van der Waals surface area contributed by atoms with E-state index >= 15 is 0 Å². The van der Waals surface area contributed by atoms with Crippen molar-refractivity contribution in [2.24, 2.45) is 5.92 Å². The quantitative estimate of drug-likeness (QED) is 0.387. The number of carbonyl (C=O) groups is 2. The van der Waals surface area contributed by atoms with Crippen LogP contribution in [0.5, 0.6) is 5.75 Å². The number of benzene rings is 1. The van der Waals surface area contributed by atoms with Crippen molar-refractivity contribution in [3.05, 3.63) is 23.8 Å². The number of nitrogen functional groups attached to an aromatic ring is 1. The minimum absolute atomic E-state index is 0.0207. The van der Waals surface area contributed by atoms with E-state index in [1.165, 1.54) is 12.1 Å². The van der Waals surface area contributed by atoms with Crippen molar-refractivity contribution < 1.29 is 32.6 Å². The maximum atomic E-state index is 12.5. The molecule has 2 aliphatic rings. The molecule has 0 radical (unpaired) electrons. The van der Waals surface area contributed by atoms with Gasteiger partial charge in [0, 0.05) is 24.1 Å². The zero-order chi connectivity index (χ0) is 21.8. The van der Waals surface area contributed by atoms with E-state index in [-0.39, 0.29) is 35.8 Å². The Balaban J connectivity index is 0.000000941. The Morgan fingerprint density at radius 3 is 2.41 bits per heavy atom. The molecule has 2 saturated heterocycles. The first kappa shape index (κ1) is 22.7. The van der Waals surface area contributed by atoms with Gasteiger partial charge in [-0.25, -0.2) is 0 Å². The van der Waals surface area contributed by atoms with Crippen LogP contribution >= 0.6 is 0 Å². The standard InChI is InChI=1S/C18H22F3N3O2.CH2O2/c1-24-11-5-6-12(24)8-10(7-11)9-14(25)16(22)13-3-2-4-15(17(13)23)26-18(19,20)21;2-1-3/h2-4,10-12,22H,5-9,23H2,1H3;1H,(H,2,3).